The van der Waals surface area contributed by atoms with E-state index in [1.165, 1.54) is 0 Å². The van der Waals surface area contributed by atoms with Crippen LogP contribution in [0.3, 0.4) is 0 Å². The summed E-state index contributed by atoms with van der Waals surface area (Å²) in [5, 5.41) is 2.91. The fourth-order valence-corrected chi connectivity index (χ4v) is 2.54. The lowest BCUT2D eigenvalue weighted by Gasteiger charge is -2.14. The van der Waals surface area contributed by atoms with Crippen LogP contribution in [0.15, 0.2) is 16.6 Å². The van der Waals surface area contributed by atoms with Crippen LogP contribution in [0.2, 0.25) is 0 Å². The van der Waals surface area contributed by atoms with Crippen LogP contribution < -0.4 is 11.1 Å². The smallest absolute Gasteiger partial charge is 0.253 e. The maximum atomic E-state index is 12.1. The Morgan fingerprint density at radius 3 is 2.58 bits per heavy atom. The van der Waals surface area contributed by atoms with Crippen LogP contribution in [-0.4, -0.2) is 24.7 Å². The molecule has 104 valence electrons. The molecule has 4 nitrogen and oxygen atoms in total. The first-order chi connectivity index (χ1) is 9.01. The molecular formula is C14H19BrN2O2. The Hall–Kier alpha value is -0.910. The number of halogens is 1. The highest BCUT2D eigenvalue weighted by atomic mass is 79.9. The predicted octanol–water partition coefficient (Wildman–Crippen LogP) is 2.51. The zero-order valence-corrected chi connectivity index (χ0v) is 12.8. The highest BCUT2D eigenvalue weighted by Gasteiger charge is 2.29. The monoisotopic (exact) mass is 326 g/mol. The molecule has 1 aromatic carbocycles. The molecule has 2 unspecified atom stereocenters. The number of aryl methyl sites for hydroxylation is 2. The van der Waals surface area contributed by atoms with Crippen molar-refractivity contribution in [3.05, 3.63) is 27.7 Å². The lowest BCUT2D eigenvalue weighted by Crippen LogP contribution is -2.29. The summed E-state index contributed by atoms with van der Waals surface area (Å²) in [4.78, 5) is 12.1. The number of rotatable bonds is 3. The van der Waals surface area contributed by atoms with Crippen molar-refractivity contribution in [1.82, 2.24) is 0 Å². The average molecular weight is 327 g/mol. The largest absolute Gasteiger partial charge is 0.364 e. The minimum Gasteiger partial charge on any atom is -0.364 e. The third-order valence-electron chi connectivity index (χ3n) is 3.37. The number of benzene rings is 1. The molecule has 0 saturated carbocycles. The molecule has 0 radical (unpaired) electrons. The standard InChI is InChI=1S/C14H19BrN2O2/c1-8-5-10(6-9(2)13(8)15)17-14(18)12-4-3-11(7-16)19-12/h5-6,11-12H,3-4,7,16H2,1-2H3,(H,17,18). The van der Waals surface area contributed by atoms with Crippen molar-refractivity contribution in [1.29, 1.82) is 0 Å². The van der Waals surface area contributed by atoms with Gasteiger partial charge in [0, 0.05) is 16.7 Å². The maximum absolute atomic E-state index is 12.1. The van der Waals surface area contributed by atoms with Crippen LogP contribution >= 0.6 is 15.9 Å². The van der Waals surface area contributed by atoms with E-state index >= 15 is 0 Å². The van der Waals surface area contributed by atoms with Gasteiger partial charge in [0.1, 0.15) is 6.10 Å². The van der Waals surface area contributed by atoms with Crippen molar-refractivity contribution in [2.75, 3.05) is 11.9 Å². The Balaban J connectivity index is 2.03. The van der Waals surface area contributed by atoms with Crippen LogP contribution in [0.25, 0.3) is 0 Å². The molecule has 3 N–H and O–H groups in total. The summed E-state index contributed by atoms with van der Waals surface area (Å²) >= 11 is 3.51. The second kappa shape index (κ2) is 6.03. The molecule has 0 spiro atoms. The first-order valence-corrected chi connectivity index (χ1v) is 7.23. The molecule has 1 aliphatic rings. The molecule has 1 aliphatic heterocycles. The highest BCUT2D eigenvalue weighted by molar-refractivity contribution is 9.10. The van der Waals surface area contributed by atoms with E-state index in [9.17, 15) is 4.79 Å². The van der Waals surface area contributed by atoms with Gasteiger partial charge in [0.2, 0.25) is 0 Å². The van der Waals surface area contributed by atoms with Crippen LogP contribution in [0.1, 0.15) is 24.0 Å². The summed E-state index contributed by atoms with van der Waals surface area (Å²) in [5.74, 6) is -0.0860. The fraction of sp³-hybridized carbons (Fsp3) is 0.500. The summed E-state index contributed by atoms with van der Waals surface area (Å²) in [6, 6.07) is 3.90. The van der Waals surface area contributed by atoms with Crippen molar-refractivity contribution in [3.63, 3.8) is 0 Å². The van der Waals surface area contributed by atoms with Gasteiger partial charge in [0.05, 0.1) is 6.10 Å². The first kappa shape index (κ1) is 14.5. The average Bonchev–Trinajstić information content (AvgIpc) is 2.84. The Labute approximate surface area is 121 Å². The molecule has 2 rings (SSSR count). The SMILES string of the molecule is Cc1cc(NC(=O)C2CCC(CN)O2)cc(C)c1Br. The molecule has 1 aromatic rings. The highest BCUT2D eigenvalue weighted by Crippen LogP contribution is 2.26. The summed E-state index contributed by atoms with van der Waals surface area (Å²) in [6.07, 6.45) is 1.23. The maximum Gasteiger partial charge on any atom is 0.253 e. The molecule has 0 aromatic heterocycles. The van der Waals surface area contributed by atoms with Crippen LogP contribution in [0.5, 0.6) is 0 Å². The number of anilines is 1. The molecular weight excluding hydrogens is 308 g/mol. The van der Waals surface area contributed by atoms with Crippen molar-refractivity contribution in [2.45, 2.75) is 38.9 Å². The normalized spacial score (nSPS) is 22.5. The lowest BCUT2D eigenvalue weighted by atomic mass is 10.1. The number of nitrogens with two attached hydrogens (primary N) is 1. The van der Waals surface area contributed by atoms with Gasteiger partial charge in [0.25, 0.3) is 5.91 Å². The van der Waals surface area contributed by atoms with Gasteiger partial charge in [0.15, 0.2) is 0 Å². The number of carbonyl (C=O) groups is 1. The van der Waals surface area contributed by atoms with Gasteiger partial charge < -0.3 is 15.8 Å². The van der Waals surface area contributed by atoms with E-state index in [1.807, 2.05) is 26.0 Å². The van der Waals surface area contributed by atoms with E-state index in [2.05, 4.69) is 21.2 Å². The third-order valence-corrected chi connectivity index (χ3v) is 4.62. The Morgan fingerprint density at radius 1 is 1.42 bits per heavy atom. The zero-order valence-electron chi connectivity index (χ0n) is 11.2. The van der Waals surface area contributed by atoms with Gasteiger partial charge >= 0.3 is 0 Å². The van der Waals surface area contributed by atoms with Crippen LogP contribution in [-0.2, 0) is 9.53 Å². The zero-order chi connectivity index (χ0) is 14.0. The lowest BCUT2D eigenvalue weighted by molar-refractivity contribution is -0.126. The molecule has 1 heterocycles. The minimum absolute atomic E-state index is 0.0177. The second-order valence-corrected chi connectivity index (χ2v) is 5.77. The molecule has 19 heavy (non-hydrogen) atoms. The Kier molecular flexibility index (Phi) is 4.60. The van der Waals surface area contributed by atoms with Gasteiger partial charge in [-0.25, -0.2) is 0 Å². The van der Waals surface area contributed by atoms with Crippen molar-refractivity contribution in [3.8, 4) is 0 Å². The summed E-state index contributed by atoms with van der Waals surface area (Å²) in [6.45, 7) is 4.48. The topological polar surface area (TPSA) is 64.4 Å². The van der Waals surface area contributed by atoms with Crippen molar-refractivity contribution in [2.24, 2.45) is 5.73 Å². The summed E-state index contributed by atoms with van der Waals surface area (Å²) < 4.78 is 6.66. The molecule has 2 atom stereocenters. The molecule has 1 amide bonds. The molecule has 0 aliphatic carbocycles. The fourth-order valence-electron chi connectivity index (χ4n) is 2.31. The number of hydrogen-bond donors (Lipinski definition) is 2. The Bertz CT molecular complexity index is 467. The summed E-state index contributed by atoms with van der Waals surface area (Å²) in [7, 11) is 0. The first-order valence-electron chi connectivity index (χ1n) is 6.44. The van der Waals surface area contributed by atoms with Gasteiger partial charge in [-0.05, 0) is 49.9 Å². The van der Waals surface area contributed by atoms with Gasteiger partial charge in [-0.1, -0.05) is 15.9 Å². The predicted molar refractivity (Wildman–Crippen MR) is 79.2 cm³/mol. The number of nitrogens with one attached hydrogen (secondary N) is 1. The van der Waals surface area contributed by atoms with Gasteiger partial charge in [-0.2, -0.15) is 0 Å². The number of hydrogen-bond acceptors (Lipinski definition) is 3. The van der Waals surface area contributed by atoms with E-state index in [4.69, 9.17) is 10.5 Å². The van der Waals surface area contributed by atoms with Crippen LogP contribution in [0, 0.1) is 13.8 Å². The molecule has 1 saturated heterocycles. The minimum atomic E-state index is -0.377. The third kappa shape index (κ3) is 3.35. The summed E-state index contributed by atoms with van der Waals surface area (Å²) in [5.41, 5.74) is 8.55. The van der Waals surface area contributed by atoms with E-state index in [1.54, 1.807) is 0 Å². The van der Waals surface area contributed by atoms with E-state index in [0.29, 0.717) is 6.54 Å². The second-order valence-electron chi connectivity index (χ2n) is 4.97. The number of amides is 1. The van der Waals surface area contributed by atoms with Gasteiger partial charge in [-0.15, -0.1) is 0 Å². The number of carbonyl (C=O) groups excluding carboxylic acids is 1. The molecule has 5 heteroatoms. The Morgan fingerprint density at radius 2 is 2.05 bits per heavy atom. The number of ether oxygens (including phenoxy) is 1. The van der Waals surface area contributed by atoms with Gasteiger partial charge in [-0.3, -0.25) is 4.79 Å². The quantitative estimate of drug-likeness (QED) is 0.897. The van der Waals surface area contributed by atoms with Crippen molar-refractivity contribution >= 4 is 27.5 Å². The van der Waals surface area contributed by atoms with Crippen molar-refractivity contribution < 1.29 is 9.53 Å². The molecule has 0 bridgehead atoms. The van der Waals surface area contributed by atoms with E-state index in [-0.39, 0.29) is 18.1 Å². The van der Waals surface area contributed by atoms with E-state index < -0.39 is 0 Å². The van der Waals surface area contributed by atoms with Crippen LogP contribution in [0.4, 0.5) is 5.69 Å². The molecule has 1 fully saturated rings. The van der Waals surface area contributed by atoms with E-state index in [0.717, 1.165) is 34.1 Å².